The van der Waals surface area contributed by atoms with Gasteiger partial charge in [0.1, 0.15) is 29.7 Å². The number of nitrogens with one attached hydrogen (secondary N) is 3. The van der Waals surface area contributed by atoms with Crippen LogP contribution in [0.15, 0.2) is 47.1 Å². The number of aryl methyl sites for hydroxylation is 1. The summed E-state index contributed by atoms with van der Waals surface area (Å²) < 4.78 is 14.5. The third-order valence-corrected chi connectivity index (χ3v) is 5.71. The lowest BCUT2D eigenvalue weighted by atomic mass is 10.0. The van der Waals surface area contributed by atoms with Crippen LogP contribution in [0.3, 0.4) is 0 Å². The number of aromatic nitrogens is 4. The number of halogens is 1. The van der Waals surface area contributed by atoms with E-state index in [1.54, 1.807) is 13.2 Å². The molecule has 2 aliphatic rings. The van der Waals surface area contributed by atoms with Crippen molar-refractivity contribution in [1.82, 2.24) is 24.8 Å². The molecule has 1 amide bonds. The molecule has 2 aromatic heterocycles. The molecule has 2 aromatic rings. The predicted molar refractivity (Wildman–Crippen MR) is 121 cm³/mol. The first-order valence-electron chi connectivity index (χ1n) is 10.7. The molecule has 0 bridgehead atoms. The van der Waals surface area contributed by atoms with E-state index in [1.807, 2.05) is 19.9 Å². The number of carbonyl (C=O) groups excluding carboxylic acids is 1. The maximum atomic E-state index is 13.2. The second-order valence-corrected chi connectivity index (χ2v) is 8.22. The number of hydrogen-bond acceptors (Lipinski definition) is 8. The summed E-state index contributed by atoms with van der Waals surface area (Å²) in [5, 5.41) is 19.0. The first-order chi connectivity index (χ1) is 15.8. The minimum absolute atomic E-state index is 0.192. The van der Waals surface area contributed by atoms with Gasteiger partial charge in [-0.1, -0.05) is 13.0 Å². The van der Waals surface area contributed by atoms with Gasteiger partial charge in [-0.2, -0.15) is 0 Å². The molecule has 4 N–H and O–H groups in total. The molecule has 4 unspecified atom stereocenters. The topological polar surface area (TPSA) is 134 Å². The number of nitrogens with zero attached hydrogens (tertiary/aromatic N) is 4. The molecular weight excluding hydrogens is 429 g/mol. The van der Waals surface area contributed by atoms with Crippen LogP contribution in [0.2, 0.25) is 0 Å². The van der Waals surface area contributed by atoms with E-state index in [0.29, 0.717) is 17.8 Å². The van der Waals surface area contributed by atoms with Gasteiger partial charge in [0.25, 0.3) is 5.56 Å². The predicted octanol–water partition coefficient (Wildman–Crippen LogP) is 1.48. The molecule has 1 aliphatic heterocycles. The summed E-state index contributed by atoms with van der Waals surface area (Å²) in [6, 6.07) is 1.27. The van der Waals surface area contributed by atoms with E-state index in [4.69, 9.17) is 0 Å². The Morgan fingerprint density at radius 1 is 1.39 bits per heavy atom. The van der Waals surface area contributed by atoms with Gasteiger partial charge in [-0.25, -0.2) is 19.3 Å². The van der Waals surface area contributed by atoms with Gasteiger partial charge in [0.05, 0.1) is 35.8 Å². The number of anilines is 2. The van der Waals surface area contributed by atoms with Crippen molar-refractivity contribution in [3.05, 3.63) is 52.6 Å². The first kappa shape index (κ1) is 22.6. The van der Waals surface area contributed by atoms with E-state index in [1.165, 1.54) is 23.3 Å². The van der Waals surface area contributed by atoms with Crippen LogP contribution in [-0.4, -0.2) is 48.9 Å². The molecular formula is C22H26FN7O3. The molecule has 4 rings (SSSR count). The van der Waals surface area contributed by atoms with E-state index < -0.39 is 24.1 Å². The zero-order valence-corrected chi connectivity index (χ0v) is 18.5. The number of rotatable bonds is 7. The summed E-state index contributed by atoms with van der Waals surface area (Å²) in [5.74, 6) is -0.896. The van der Waals surface area contributed by atoms with Gasteiger partial charge in [-0.3, -0.25) is 9.59 Å². The lowest BCUT2D eigenvalue weighted by molar-refractivity contribution is -0.117. The summed E-state index contributed by atoms with van der Waals surface area (Å²) in [4.78, 5) is 37.6. The highest BCUT2D eigenvalue weighted by molar-refractivity contribution is 5.94. The highest BCUT2D eigenvalue weighted by atomic mass is 19.1. The van der Waals surface area contributed by atoms with Crippen molar-refractivity contribution in [3.8, 4) is 11.4 Å². The molecule has 4 atom stereocenters. The van der Waals surface area contributed by atoms with Crippen LogP contribution < -0.4 is 21.5 Å². The average Bonchev–Trinajstić information content (AvgIpc) is 3.54. The number of aliphatic hydroxyl groups is 1. The van der Waals surface area contributed by atoms with Crippen molar-refractivity contribution in [1.29, 1.82) is 0 Å². The van der Waals surface area contributed by atoms with Gasteiger partial charge >= 0.3 is 0 Å². The van der Waals surface area contributed by atoms with Crippen molar-refractivity contribution in [2.75, 3.05) is 10.6 Å². The van der Waals surface area contributed by atoms with Crippen LogP contribution >= 0.6 is 0 Å². The highest BCUT2D eigenvalue weighted by Crippen LogP contribution is 2.34. The van der Waals surface area contributed by atoms with Crippen LogP contribution in [0.5, 0.6) is 0 Å². The molecule has 3 heterocycles. The Labute approximate surface area is 189 Å². The monoisotopic (exact) mass is 455 g/mol. The maximum absolute atomic E-state index is 13.2. The van der Waals surface area contributed by atoms with Crippen LogP contribution in [0.25, 0.3) is 11.4 Å². The normalized spacial score (nSPS) is 22.5. The Morgan fingerprint density at radius 2 is 2.15 bits per heavy atom. The Morgan fingerprint density at radius 3 is 2.82 bits per heavy atom. The average molecular weight is 455 g/mol. The number of carbonyl (C=O) groups is 1. The van der Waals surface area contributed by atoms with E-state index in [0.717, 1.165) is 5.57 Å². The second-order valence-electron chi connectivity index (χ2n) is 8.22. The van der Waals surface area contributed by atoms with Crippen molar-refractivity contribution >= 4 is 17.4 Å². The number of alkyl halides is 1. The summed E-state index contributed by atoms with van der Waals surface area (Å²) in [6.07, 6.45) is 5.40. The molecule has 1 aliphatic carbocycles. The molecule has 0 radical (unpaired) electrons. The largest absolute Gasteiger partial charge is 0.391 e. The summed E-state index contributed by atoms with van der Waals surface area (Å²) in [7, 11) is 1.59. The minimum atomic E-state index is -1.12. The highest BCUT2D eigenvalue weighted by Gasteiger charge is 2.43. The lowest BCUT2D eigenvalue weighted by Crippen LogP contribution is -2.38. The van der Waals surface area contributed by atoms with Gasteiger partial charge in [0.15, 0.2) is 0 Å². The fourth-order valence-electron chi connectivity index (χ4n) is 3.50. The zero-order chi connectivity index (χ0) is 23.7. The van der Waals surface area contributed by atoms with Crippen molar-refractivity contribution in [2.45, 2.75) is 45.0 Å². The third kappa shape index (κ3) is 4.77. The molecule has 1 saturated carbocycles. The first-order valence-corrected chi connectivity index (χ1v) is 10.7. The maximum Gasteiger partial charge on any atom is 0.277 e. The standard InChI is InChI=1S/C22H26FN7O3/c1-4-17(31)14-5-11(2)16(8-24-14)28-20-19(27-10-30(3)22(20)33)15-7-18(26-9-25-15)29-21(32)12-6-13(12)23/h5,7-10,12-14,17,24,28,31H,4,6H2,1-3H3,(H,25,26,29,32). The second kappa shape index (κ2) is 9.10. The number of aliphatic hydroxyl groups excluding tert-OH is 1. The molecule has 0 saturated heterocycles. The molecule has 0 spiro atoms. The fourth-order valence-corrected chi connectivity index (χ4v) is 3.50. The Bertz CT molecular complexity index is 1190. The summed E-state index contributed by atoms with van der Waals surface area (Å²) >= 11 is 0. The molecule has 10 nitrogen and oxygen atoms in total. The summed E-state index contributed by atoms with van der Waals surface area (Å²) in [6.45, 7) is 3.78. The van der Waals surface area contributed by atoms with Crippen molar-refractivity contribution in [2.24, 2.45) is 13.0 Å². The number of amides is 1. The lowest BCUT2D eigenvalue weighted by Gasteiger charge is -2.26. The fraction of sp³-hybridized carbons (Fsp3) is 0.409. The van der Waals surface area contributed by atoms with Crippen LogP contribution in [0, 0.1) is 5.92 Å². The van der Waals surface area contributed by atoms with E-state index in [9.17, 15) is 19.1 Å². The van der Waals surface area contributed by atoms with Crippen LogP contribution in [-0.2, 0) is 11.8 Å². The Hall–Kier alpha value is -3.60. The van der Waals surface area contributed by atoms with Gasteiger partial charge in [0, 0.05) is 19.3 Å². The van der Waals surface area contributed by atoms with Crippen LogP contribution in [0.4, 0.5) is 15.9 Å². The van der Waals surface area contributed by atoms with E-state index in [2.05, 4.69) is 30.9 Å². The van der Waals surface area contributed by atoms with Gasteiger partial charge < -0.3 is 25.6 Å². The minimum Gasteiger partial charge on any atom is -0.391 e. The third-order valence-electron chi connectivity index (χ3n) is 5.71. The summed E-state index contributed by atoms with van der Waals surface area (Å²) in [5.41, 5.74) is 1.95. The molecule has 174 valence electrons. The molecule has 1 fully saturated rings. The van der Waals surface area contributed by atoms with Crippen molar-refractivity contribution < 1.29 is 14.3 Å². The molecule has 33 heavy (non-hydrogen) atoms. The SMILES string of the molecule is CCC(O)C1C=C(C)C(Nc2c(-c3cc(NC(=O)C4CC4F)ncn3)ncn(C)c2=O)=CN1. The van der Waals surface area contributed by atoms with E-state index >= 15 is 0 Å². The quantitative estimate of drug-likeness (QED) is 0.493. The van der Waals surface area contributed by atoms with E-state index in [-0.39, 0.29) is 35.2 Å². The zero-order valence-electron chi connectivity index (χ0n) is 18.5. The van der Waals surface area contributed by atoms with Gasteiger partial charge in [-0.15, -0.1) is 0 Å². The number of dihydropyridines is 1. The number of hydrogen-bond donors (Lipinski definition) is 4. The van der Waals surface area contributed by atoms with Gasteiger partial charge in [0.2, 0.25) is 5.91 Å². The molecule has 11 heteroatoms. The Balaban J connectivity index is 1.63. The number of allylic oxidation sites excluding steroid dienone is 1. The molecule has 0 aromatic carbocycles. The van der Waals surface area contributed by atoms with Gasteiger partial charge in [-0.05, 0) is 25.3 Å². The smallest absolute Gasteiger partial charge is 0.277 e. The van der Waals surface area contributed by atoms with Crippen molar-refractivity contribution in [3.63, 3.8) is 0 Å². The van der Waals surface area contributed by atoms with Crippen LogP contribution in [0.1, 0.15) is 26.7 Å². The Kier molecular flexibility index (Phi) is 6.23.